The van der Waals surface area contributed by atoms with E-state index in [0.717, 1.165) is 100 Å². The zero-order chi connectivity index (χ0) is 31.8. The fraction of sp³-hybridized carbons (Fsp3) is 0.545. The van der Waals surface area contributed by atoms with Crippen molar-refractivity contribution in [3.8, 4) is 0 Å². The third-order valence-corrected chi connectivity index (χ3v) is 9.88. The molecule has 0 spiro atoms. The van der Waals surface area contributed by atoms with Crippen LogP contribution in [-0.2, 0) is 0 Å². The largest absolute Gasteiger partial charge is 0.368 e. The molecule has 4 fully saturated rings. The summed E-state index contributed by atoms with van der Waals surface area (Å²) in [5.74, 6) is 0.213. The monoisotopic (exact) mass is 676 g/mol. The molecule has 1 N–H and O–H groups in total. The van der Waals surface area contributed by atoms with Crippen LogP contribution in [0.15, 0.2) is 36.4 Å². The quantitative estimate of drug-likeness (QED) is 0.325. The predicted octanol–water partition coefficient (Wildman–Crippen LogP) is 5.82. The molecule has 2 aromatic rings. The van der Waals surface area contributed by atoms with Crippen molar-refractivity contribution < 1.29 is 14.4 Å². The van der Waals surface area contributed by atoms with Crippen LogP contribution in [0.3, 0.4) is 0 Å². The number of nitrogens with one attached hydrogen (secondary N) is 1. The van der Waals surface area contributed by atoms with Gasteiger partial charge in [0.15, 0.2) is 0 Å². The van der Waals surface area contributed by atoms with Crippen molar-refractivity contribution in [1.29, 1.82) is 0 Å². The Balaban J connectivity index is 0.000000179. The van der Waals surface area contributed by atoms with Gasteiger partial charge in [-0.05, 0) is 86.5 Å². The third kappa shape index (κ3) is 8.76. The molecule has 3 amide bonds. The molecule has 2 aromatic carbocycles. The second-order valence-electron chi connectivity index (χ2n) is 12.0. The normalized spacial score (nSPS) is 19.1. The van der Waals surface area contributed by atoms with Gasteiger partial charge in [0.1, 0.15) is 0 Å². The molecular formula is C33H43Cl3N6O3. The zero-order valence-corrected chi connectivity index (χ0v) is 28.1. The van der Waals surface area contributed by atoms with Gasteiger partial charge in [-0.25, -0.2) is 0 Å². The number of piperazine rings is 2. The number of hydrogen-bond acceptors (Lipinski definition) is 6. The lowest BCUT2D eigenvalue weighted by Crippen LogP contribution is -2.47. The first-order chi connectivity index (χ1) is 21.8. The summed E-state index contributed by atoms with van der Waals surface area (Å²) in [7, 11) is 0. The van der Waals surface area contributed by atoms with Gasteiger partial charge in [0.05, 0.1) is 21.4 Å². The molecule has 0 atom stereocenters. The summed E-state index contributed by atoms with van der Waals surface area (Å²) in [4.78, 5) is 46.4. The van der Waals surface area contributed by atoms with Crippen LogP contribution in [-0.4, -0.2) is 110 Å². The zero-order valence-electron chi connectivity index (χ0n) is 25.8. The maximum atomic E-state index is 12.7. The maximum absolute atomic E-state index is 12.7. The maximum Gasteiger partial charge on any atom is 0.316 e. The average Bonchev–Trinajstić information content (AvgIpc) is 3.09. The molecule has 0 bridgehead atoms. The third-order valence-electron chi connectivity index (χ3n) is 9.00. The number of piperidine rings is 2. The van der Waals surface area contributed by atoms with E-state index in [1.807, 2.05) is 34.1 Å². The molecule has 4 aliphatic rings. The molecule has 0 aliphatic carbocycles. The van der Waals surface area contributed by atoms with Crippen LogP contribution in [0.2, 0.25) is 10.0 Å². The standard InChI is InChI=1S/C17H21Cl2N3O2.C16H22ClN3O/c18-14-5-4-13(16(23)21-6-2-1-3-7-21)12-15(14)20-8-10-22(11-9-20)17(19)24;17-14-5-4-13(16(21)20-8-2-1-3-9-20)12-15(14)19-10-6-18-7-11-19/h4-5,12H,1-3,6-11H2;4-5,12,18H,1-3,6-11H2. The van der Waals surface area contributed by atoms with Crippen molar-refractivity contribution in [2.75, 3.05) is 88.3 Å². The Labute approximate surface area is 281 Å². The van der Waals surface area contributed by atoms with Crippen LogP contribution in [0.25, 0.3) is 0 Å². The van der Waals surface area contributed by atoms with Gasteiger partial charge in [-0.15, -0.1) is 0 Å². The Morgan fingerprint density at radius 2 is 0.956 bits per heavy atom. The molecule has 0 aromatic heterocycles. The molecule has 4 heterocycles. The summed E-state index contributed by atoms with van der Waals surface area (Å²) < 4.78 is 0. The van der Waals surface area contributed by atoms with Gasteiger partial charge >= 0.3 is 5.37 Å². The van der Waals surface area contributed by atoms with E-state index in [4.69, 9.17) is 34.8 Å². The summed E-state index contributed by atoms with van der Waals surface area (Å²) in [5.41, 5.74) is 3.27. The Bertz CT molecular complexity index is 1330. The van der Waals surface area contributed by atoms with E-state index in [1.165, 1.54) is 12.8 Å². The van der Waals surface area contributed by atoms with Crippen molar-refractivity contribution >= 4 is 63.4 Å². The molecule has 4 aliphatic heterocycles. The number of rotatable bonds is 4. The Morgan fingerprint density at radius 1 is 0.533 bits per heavy atom. The van der Waals surface area contributed by atoms with Crippen molar-refractivity contribution in [2.45, 2.75) is 38.5 Å². The number of amides is 3. The number of nitrogens with zero attached hydrogens (tertiary/aromatic N) is 5. The SMILES string of the molecule is O=C(Cl)N1CCN(c2cc(C(=O)N3CCCCC3)ccc2Cl)CC1.O=C(c1ccc(Cl)c(N2CCNCC2)c1)N1CCCCC1. The molecule has 9 nitrogen and oxygen atoms in total. The Kier molecular flexibility index (Phi) is 12.1. The fourth-order valence-corrected chi connectivity index (χ4v) is 7.01. The molecule has 0 saturated carbocycles. The molecule has 244 valence electrons. The van der Waals surface area contributed by atoms with E-state index in [0.29, 0.717) is 36.8 Å². The molecular weight excluding hydrogens is 635 g/mol. The number of benzene rings is 2. The minimum Gasteiger partial charge on any atom is -0.368 e. The van der Waals surface area contributed by atoms with Crippen LogP contribution < -0.4 is 15.1 Å². The first kappa shape index (κ1) is 33.6. The Morgan fingerprint density at radius 3 is 1.38 bits per heavy atom. The van der Waals surface area contributed by atoms with Crippen molar-refractivity contribution in [3.63, 3.8) is 0 Å². The van der Waals surface area contributed by atoms with Gasteiger partial charge in [0.2, 0.25) is 0 Å². The van der Waals surface area contributed by atoms with E-state index in [9.17, 15) is 14.4 Å². The summed E-state index contributed by atoms with van der Waals surface area (Å²) in [6.07, 6.45) is 6.80. The minimum atomic E-state index is -0.422. The van der Waals surface area contributed by atoms with E-state index in [2.05, 4.69) is 15.1 Å². The van der Waals surface area contributed by atoms with Crippen LogP contribution in [0, 0.1) is 0 Å². The number of carbonyl (C=O) groups is 3. The molecule has 0 unspecified atom stereocenters. The van der Waals surface area contributed by atoms with Gasteiger partial charge in [0, 0.05) is 89.7 Å². The fourth-order valence-electron chi connectivity index (χ4n) is 6.36. The van der Waals surface area contributed by atoms with Crippen molar-refractivity contribution in [1.82, 2.24) is 20.0 Å². The van der Waals surface area contributed by atoms with Gasteiger partial charge in [-0.3, -0.25) is 14.4 Å². The lowest BCUT2D eigenvalue weighted by molar-refractivity contribution is 0.0717. The van der Waals surface area contributed by atoms with E-state index < -0.39 is 5.37 Å². The lowest BCUT2D eigenvalue weighted by atomic mass is 10.1. The smallest absolute Gasteiger partial charge is 0.316 e. The Hall–Kier alpha value is -2.72. The first-order valence-electron chi connectivity index (χ1n) is 16.1. The summed E-state index contributed by atoms with van der Waals surface area (Å²) >= 11 is 18.2. The van der Waals surface area contributed by atoms with Gasteiger partial charge in [-0.2, -0.15) is 0 Å². The molecule has 12 heteroatoms. The van der Waals surface area contributed by atoms with Crippen molar-refractivity contribution in [3.05, 3.63) is 57.6 Å². The van der Waals surface area contributed by atoms with E-state index in [1.54, 1.807) is 17.0 Å². The van der Waals surface area contributed by atoms with Gasteiger partial charge in [0.25, 0.3) is 11.8 Å². The lowest BCUT2D eigenvalue weighted by Gasteiger charge is -2.35. The minimum absolute atomic E-state index is 0.0715. The number of halogens is 3. The van der Waals surface area contributed by atoms with Crippen LogP contribution in [0.5, 0.6) is 0 Å². The second kappa shape index (κ2) is 16.2. The molecule has 0 radical (unpaired) electrons. The van der Waals surface area contributed by atoms with Crippen LogP contribution in [0.1, 0.15) is 59.2 Å². The van der Waals surface area contributed by atoms with Crippen molar-refractivity contribution in [2.24, 2.45) is 0 Å². The number of carbonyl (C=O) groups excluding carboxylic acids is 3. The summed E-state index contributed by atoms with van der Waals surface area (Å²) in [6.45, 7) is 9.61. The molecule has 4 saturated heterocycles. The first-order valence-corrected chi connectivity index (χ1v) is 17.3. The van der Waals surface area contributed by atoms with E-state index in [-0.39, 0.29) is 11.8 Å². The molecule has 6 rings (SSSR count). The van der Waals surface area contributed by atoms with E-state index >= 15 is 0 Å². The summed E-state index contributed by atoms with van der Waals surface area (Å²) in [6, 6.07) is 11.1. The highest BCUT2D eigenvalue weighted by Gasteiger charge is 2.24. The highest BCUT2D eigenvalue weighted by Crippen LogP contribution is 2.30. The number of hydrogen-bond donors (Lipinski definition) is 1. The predicted molar refractivity (Wildman–Crippen MR) is 183 cm³/mol. The van der Waals surface area contributed by atoms with Crippen LogP contribution >= 0.6 is 34.8 Å². The summed E-state index contributed by atoms with van der Waals surface area (Å²) in [5, 5.41) is 4.26. The van der Waals surface area contributed by atoms with Gasteiger partial charge < -0.3 is 29.8 Å². The number of anilines is 2. The highest BCUT2D eigenvalue weighted by atomic mass is 35.5. The number of likely N-dealkylation sites (tertiary alicyclic amines) is 2. The average molecular weight is 678 g/mol. The topological polar surface area (TPSA) is 79.4 Å². The second-order valence-corrected chi connectivity index (χ2v) is 13.1. The van der Waals surface area contributed by atoms with Crippen LogP contribution in [0.4, 0.5) is 16.2 Å². The molecule has 45 heavy (non-hydrogen) atoms. The van der Waals surface area contributed by atoms with Gasteiger partial charge in [-0.1, -0.05) is 23.2 Å². The highest BCUT2D eigenvalue weighted by molar-refractivity contribution is 6.62.